The molecule has 0 unspecified atom stereocenters. The number of rotatable bonds is 7. The highest BCUT2D eigenvalue weighted by Gasteiger charge is 2.25. The number of unbranched alkanes of at least 4 members (excludes halogenated alkanes) is 4. The van der Waals surface area contributed by atoms with Gasteiger partial charge in [0.15, 0.2) is 23.3 Å². The van der Waals surface area contributed by atoms with Gasteiger partial charge in [-0.3, -0.25) is 0 Å². The average molecular weight is 310 g/mol. The summed E-state index contributed by atoms with van der Waals surface area (Å²) in [6, 6.07) is 0. The predicted molar refractivity (Wildman–Crippen MR) is 70.0 cm³/mol. The summed E-state index contributed by atoms with van der Waals surface area (Å²) >= 11 is 0.497. The van der Waals surface area contributed by atoms with Gasteiger partial charge in [-0.1, -0.05) is 44.0 Å². The summed E-state index contributed by atoms with van der Waals surface area (Å²) in [5, 5.41) is 1.35. The average Bonchev–Trinajstić information content (AvgIpc) is 2.45. The zero-order valence-corrected chi connectivity index (χ0v) is 11.8. The van der Waals surface area contributed by atoms with Crippen molar-refractivity contribution in [2.24, 2.45) is 0 Å². The summed E-state index contributed by atoms with van der Waals surface area (Å²) in [6.45, 7) is 2.08. The normalized spacial score (nSPS) is 11.5. The maximum Gasteiger partial charge on any atom is 0.200 e. The number of thioether (sulfide) groups is 1. The van der Waals surface area contributed by atoms with E-state index >= 15 is 0 Å². The summed E-state index contributed by atoms with van der Waals surface area (Å²) in [4.78, 5) is -0.869. The van der Waals surface area contributed by atoms with Gasteiger partial charge in [0.25, 0.3) is 0 Å². The molecule has 0 heterocycles. The molecule has 0 nitrogen and oxygen atoms in total. The second kappa shape index (κ2) is 8.29. The van der Waals surface area contributed by atoms with Crippen LogP contribution in [0.1, 0.15) is 39.0 Å². The van der Waals surface area contributed by atoms with Gasteiger partial charge >= 0.3 is 0 Å². The van der Waals surface area contributed by atoms with Crippen LogP contribution in [-0.2, 0) is 0 Å². The first-order valence-electron chi connectivity index (χ1n) is 6.33. The molecule has 0 amide bonds. The first-order chi connectivity index (χ1) is 9.50. The van der Waals surface area contributed by atoms with E-state index in [0.717, 1.165) is 25.7 Å². The van der Waals surface area contributed by atoms with Crippen molar-refractivity contribution in [1.82, 2.24) is 0 Å². The van der Waals surface area contributed by atoms with Gasteiger partial charge in [-0.15, -0.1) is 0 Å². The highest BCUT2D eigenvalue weighted by Crippen LogP contribution is 2.31. The first-order valence-corrected chi connectivity index (χ1v) is 7.21. The lowest BCUT2D eigenvalue weighted by atomic mass is 10.2. The fourth-order valence-corrected chi connectivity index (χ4v) is 2.32. The van der Waals surface area contributed by atoms with Crippen LogP contribution in [0, 0.1) is 29.1 Å². The van der Waals surface area contributed by atoms with Crippen LogP contribution in [0.2, 0.25) is 0 Å². The molecular formula is C14H15F5S. The molecule has 0 spiro atoms. The molecule has 1 aromatic carbocycles. The van der Waals surface area contributed by atoms with Crippen LogP contribution >= 0.6 is 11.8 Å². The monoisotopic (exact) mass is 310 g/mol. The van der Waals surface area contributed by atoms with Crippen LogP contribution in [0.3, 0.4) is 0 Å². The Balaban J connectivity index is 2.67. The van der Waals surface area contributed by atoms with Gasteiger partial charge < -0.3 is 0 Å². The summed E-state index contributed by atoms with van der Waals surface area (Å²) < 4.78 is 65.2. The standard InChI is InChI=1S/C14H15F5S/c1-2-3-4-5-6-7-8-20-14-12(18)10(16)9(15)11(17)13(14)19/h7-8H,2-6H2,1H3/b8-7+. The van der Waals surface area contributed by atoms with Gasteiger partial charge in [-0.2, -0.15) is 0 Å². The summed E-state index contributed by atoms with van der Waals surface area (Å²) in [5.41, 5.74) is 0. The zero-order valence-electron chi connectivity index (χ0n) is 11.0. The van der Waals surface area contributed by atoms with E-state index in [9.17, 15) is 22.0 Å². The smallest absolute Gasteiger partial charge is 0.200 e. The molecule has 1 rings (SSSR count). The van der Waals surface area contributed by atoms with Crippen molar-refractivity contribution in [2.45, 2.75) is 43.9 Å². The molecule has 6 heteroatoms. The van der Waals surface area contributed by atoms with Crippen molar-refractivity contribution in [1.29, 1.82) is 0 Å². The minimum atomic E-state index is -2.13. The quantitative estimate of drug-likeness (QED) is 0.197. The van der Waals surface area contributed by atoms with E-state index in [4.69, 9.17) is 0 Å². The van der Waals surface area contributed by atoms with E-state index in [1.54, 1.807) is 6.08 Å². The third kappa shape index (κ3) is 4.23. The Kier molecular flexibility index (Phi) is 7.05. The molecule has 1 aromatic rings. The fraction of sp³-hybridized carbons (Fsp3) is 0.429. The lowest BCUT2D eigenvalue weighted by Crippen LogP contribution is -2.02. The molecule has 0 radical (unpaired) electrons. The van der Waals surface area contributed by atoms with Gasteiger partial charge in [0.1, 0.15) is 0 Å². The highest BCUT2D eigenvalue weighted by atomic mass is 32.2. The molecule has 0 atom stereocenters. The largest absolute Gasteiger partial charge is 0.202 e. The van der Waals surface area contributed by atoms with Gasteiger partial charge in [0.2, 0.25) is 5.82 Å². The number of hydrogen-bond donors (Lipinski definition) is 0. The maximum atomic E-state index is 13.3. The van der Waals surface area contributed by atoms with E-state index in [-0.39, 0.29) is 0 Å². The van der Waals surface area contributed by atoms with E-state index in [2.05, 4.69) is 6.92 Å². The minimum Gasteiger partial charge on any atom is -0.202 e. The maximum absolute atomic E-state index is 13.3. The molecule has 0 aliphatic rings. The molecule has 0 fully saturated rings. The SMILES string of the molecule is CCCCCC/C=C/Sc1c(F)c(F)c(F)c(F)c1F. The highest BCUT2D eigenvalue weighted by molar-refractivity contribution is 8.02. The second-order valence-electron chi connectivity index (χ2n) is 4.24. The second-order valence-corrected chi connectivity index (χ2v) is 5.15. The van der Waals surface area contributed by atoms with Crippen molar-refractivity contribution in [3.8, 4) is 0 Å². The Bertz CT molecular complexity index is 456. The fourth-order valence-electron chi connectivity index (χ4n) is 1.56. The van der Waals surface area contributed by atoms with Crippen molar-refractivity contribution in [3.05, 3.63) is 40.6 Å². The van der Waals surface area contributed by atoms with Crippen LogP contribution in [0.15, 0.2) is 16.4 Å². The Morgan fingerprint density at radius 2 is 1.35 bits per heavy atom. The molecular weight excluding hydrogens is 295 g/mol. The molecule has 0 saturated heterocycles. The Labute approximate surface area is 119 Å². The first kappa shape index (κ1) is 17.0. The Hall–Kier alpha value is -1.04. The lowest BCUT2D eigenvalue weighted by molar-refractivity contribution is 0.361. The van der Waals surface area contributed by atoms with Gasteiger partial charge in [0.05, 0.1) is 4.90 Å². The lowest BCUT2D eigenvalue weighted by Gasteiger charge is -2.05. The van der Waals surface area contributed by atoms with Crippen molar-refractivity contribution in [2.75, 3.05) is 0 Å². The Morgan fingerprint density at radius 3 is 1.90 bits per heavy atom. The van der Waals surface area contributed by atoms with Gasteiger partial charge in [-0.05, 0) is 18.2 Å². The molecule has 20 heavy (non-hydrogen) atoms. The third-order valence-corrected chi connectivity index (χ3v) is 3.60. The van der Waals surface area contributed by atoms with Crippen molar-refractivity contribution >= 4 is 11.8 Å². The van der Waals surface area contributed by atoms with E-state index in [1.807, 2.05) is 0 Å². The summed E-state index contributed by atoms with van der Waals surface area (Å²) in [7, 11) is 0. The van der Waals surface area contributed by atoms with Crippen LogP contribution in [0.5, 0.6) is 0 Å². The van der Waals surface area contributed by atoms with Crippen LogP contribution < -0.4 is 0 Å². The zero-order chi connectivity index (χ0) is 15.1. The molecule has 0 N–H and O–H groups in total. The van der Waals surface area contributed by atoms with Crippen LogP contribution in [-0.4, -0.2) is 0 Å². The minimum absolute atomic E-state index is 0.497. The van der Waals surface area contributed by atoms with Gasteiger partial charge in [0, 0.05) is 0 Å². The molecule has 0 aliphatic heterocycles. The van der Waals surface area contributed by atoms with Crippen LogP contribution in [0.4, 0.5) is 22.0 Å². The van der Waals surface area contributed by atoms with Crippen molar-refractivity contribution in [3.63, 3.8) is 0 Å². The number of hydrogen-bond acceptors (Lipinski definition) is 1. The van der Waals surface area contributed by atoms with E-state index < -0.39 is 34.0 Å². The Morgan fingerprint density at radius 1 is 0.800 bits per heavy atom. The van der Waals surface area contributed by atoms with E-state index in [0.29, 0.717) is 18.2 Å². The van der Waals surface area contributed by atoms with Crippen LogP contribution in [0.25, 0.3) is 0 Å². The number of allylic oxidation sites excluding steroid dienone is 1. The molecule has 112 valence electrons. The van der Waals surface area contributed by atoms with E-state index in [1.165, 1.54) is 5.41 Å². The topological polar surface area (TPSA) is 0 Å². The number of halogens is 5. The third-order valence-electron chi connectivity index (χ3n) is 2.68. The van der Waals surface area contributed by atoms with Gasteiger partial charge in [-0.25, -0.2) is 22.0 Å². The summed E-state index contributed by atoms with van der Waals surface area (Å²) in [5.74, 6) is -9.54. The van der Waals surface area contributed by atoms with Crippen molar-refractivity contribution < 1.29 is 22.0 Å². The number of benzene rings is 1. The predicted octanol–water partition coefficient (Wildman–Crippen LogP) is 5.96. The summed E-state index contributed by atoms with van der Waals surface area (Å²) in [6.07, 6.45) is 6.57. The molecule has 0 saturated carbocycles. The molecule has 0 bridgehead atoms. The molecule has 0 aliphatic carbocycles. The molecule has 0 aromatic heterocycles.